The first-order chi connectivity index (χ1) is 20.5. The van der Waals surface area contributed by atoms with Crippen molar-refractivity contribution >= 4 is 42.3 Å². The van der Waals surface area contributed by atoms with E-state index in [1.807, 2.05) is 4.57 Å². The fraction of sp³-hybridized carbons (Fsp3) is 0.517. The first-order valence-corrected chi connectivity index (χ1v) is 15.6. The molecule has 1 aromatic carbocycles. The molecular formula is C29H40N5O9P. The molecular weight excluding hydrogens is 593 g/mol. The maximum absolute atomic E-state index is 13.7. The zero-order valence-corrected chi connectivity index (χ0v) is 27.0. The van der Waals surface area contributed by atoms with Crippen LogP contribution in [0, 0.1) is 10.8 Å². The average Bonchev–Trinajstić information content (AvgIpc) is 3.34. The number of anilines is 1. The molecule has 0 saturated heterocycles. The summed E-state index contributed by atoms with van der Waals surface area (Å²) in [6.45, 7) is 10.9. The Morgan fingerprint density at radius 3 is 2.11 bits per heavy atom. The molecule has 0 amide bonds. The summed E-state index contributed by atoms with van der Waals surface area (Å²) in [6.07, 6.45) is 3.28. The number of nitrogen functional groups attached to an aromatic ring is 1. The highest BCUT2D eigenvalue weighted by molar-refractivity contribution is 7.53. The second kappa shape index (κ2) is 14.3. The van der Waals surface area contributed by atoms with Crippen LogP contribution in [0.2, 0.25) is 0 Å². The Balaban J connectivity index is 1.68. The van der Waals surface area contributed by atoms with E-state index in [9.17, 15) is 18.9 Å². The molecule has 0 aliphatic rings. The summed E-state index contributed by atoms with van der Waals surface area (Å²) >= 11 is 0. The highest BCUT2D eigenvalue weighted by atomic mass is 31.2. The molecule has 0 fully saturated rings. The number of aromatic nitrogens is 4. The van der Waals surface area contributed by atoms with E-state index in [0.717, 1.165) is 0 Å². The van der Waals surface area contributed by atoms with Gasteiger partial charge in [0.2, 0.25) is 13.6 Å². The van der Waals surface area contributed by atoms with Crippen molar-refractivity contribution in [1.82, 2.24) is 19.5 Å². The highest BCUT2D eigenvalue weighted by Gasteiger charge is 2.31. The minimum atomic E-state index is -4.04. The van der Waals surface area contributed by atoms with Crippen LogP contribution in [-0.2, 0) is 45.4 Å². The number of benzene rings is 1. The fourth-order valence-corrected chi connectivity index (χ4v) is 4.99. The van der Waals surface area contributed by atoms with Gasteiger partial charge in [0.1, 0.15) is 17.6 Å². The Morgan fingerprint density at radius 2 is 1.55 bits per heavy atom. The second-order valence-corrected chi connectivity index (χ2v) is 14.1. The van der Waals surface area contributed by atoms with Crippen molar-refractivity contribution in [2.75, 3.05) is 25.9 Å². The average molecular weight is 634 g/mol. The minimum Gasteiger partial charge on any atom is -0.493 e. The lowest BCUT2D eigenvalue weighted by atomic mass is 9.98. The lowest BCUT2D eigenvalue weighted by molar-refractivity contribution is -0.162. The van der Waals surface area contributed by atoms with Gasteiger partial charge in [0.05, 0.1) is 35.5 Å². The summed E-state index contributed by atoms with van der Waals surface area (Å²) in [5.74, 6) is -0.763. The van der Waals surface area contributed by atoms with E-state index in [-0.39, 0.29) is 24.1 Å². The van der Waals surface area contributed by atoms with Gasteiger partial charge in [-0.1, -0.05) is 6.07 Å². The van der Waals surface area contributed by atoms with Crippen LogP contribution in [0.1, 0.15) is 70.8 Å². The van der Waals surface area contributed by atoms with Crippen LogP contribution in [-0.4, -0.2) is 57.4 Å². The zero-order chi connectivity index (χ0) is 32.7. The first-order valence-electron chi connectivity index (χ1n) is 13.9. The summed E-state index contributed by atoms with van der Waals surface area (Å²) in [6, 6.07) is 4.74. The number of Topliss-reactive ketones (excluding diaryl/α,β-unsaturated/α-hetero) is 1. The Hall–Kier alpha value is -3.87. The number of carbonyl (C=O) groups excluding carboxylic acids is 3. The standard InChI is InChI=1S/C29H40N5O9P/c1-19(35)21-13-20(9-10-22(21)39-12-8-11-34-16-33-23-24(30)31-15-32-25(23)34)14-44(38,42-17-40-26(36)28(2,3)4)43-18-41-27(37)29(5,6)7/h9-10,13,15-16H,8,11-12,14,17-18H2,1-7H3,(H2,30,31,32). The number of nitrogens with zero attached hydrogens (tertiary/aromatic N) is 4. The number of fused-ring (bicyclic) bond motifs is 1. The van der Waals surface area contributed by atoms with E-state index in [1.54, 1.807) is 60.0 Å². The van der Waals surface area contributed by atoms with Gasteiger partial charge in [-0.2, -0.15) is 0 Å². The Labute approximate surface area is 256 Å². The molecule has 2 heterocycles. The van der Waals surface area contributed by atoms with Crippen LogP contribution in [0.5, 0.6) is 5.75 Å². The molecule has 44 heavy (non-hydrogen) atoms. The molecule has 3 aromatic rings. The van der Waals surface area contributed by atoms with Crippen LogP contribution >= 0.6 is 7.60 Å². The third-order valence-corrected chi connectivity index (χ3v) is 7.88. The molecule has 2 aromatic heterocycles. The molecule has 0 atom stereocenters. The monoisotopic (exact) mass is 633 g/mol. The van der Waals surface area contributed by atoms with Crippen LogP contribution in [0.15, 0.2) is 30.9 Å². The highest BCUT2D eigenvalue weighted by Crippen LogP contribution is 2.52. The van der Waals surface area contributed by atoms with E-state index in [0.29, 0.717) is 41.3 Å². The van der Waals surface area contributed by atoms with Gasteiger partial charge in [0.15, 0.2) is 17.2 Å². The quantitative estimate of drug-likeness (QED) is 0.0832. The van der Waals surface area contributed by atoms with Gasteiger partial charge in [0, 0.05) is 6.54 Å². The van der Waals surface area contributed by atoms with Gasteiger partial charge < -0.3 is 24.5 Å². The molecule has 0 radical (unpaired) electrons. The number of esters is 2. The third-order valence-electron chi connectivity index (χ3n) is 6.13. The zero-order valence-electron chi connectivity index (χ0n) is 26.1. The van der Waals surface area contributed by atoms with E-state index in [2.05, 4.69) is 15.0 Å². The largest absolute Gasteiger partial charge is 0.493 e. The lowest BCUT2D eigenvalue weighted by Crippen LogP contribution is -2.25. The number of ether oxygens (including phenoxy) is 3. The Kier molecular flexibility index (Phi) is 11.2. The number of hydrogen-bond donors (Lipinski definition) is 1. The first kappa shape index (κ1) is 34.6. The molecule has 0 unspecified atom stereocenters. The van der Waals surface area contributed by atoms with Crippen molar-refractivity contribution < 1.29 is 42.2 Å². The number of carbonyl (C=O) groups is 3. The van der Waals surface area contributed by atoms with Crippen molar-refractivity contribution in [2.45, 2.75) is 67.6 Å². The maximum atomic E-state index is 13.7. The van der Waals surface area contributed by atoms with Gasteiger partial charge in [-0.25, -0.2) is 15.0 Å². The summed E-state index contributed by atoms with van der Waals surface area (Å²) < 4.78 is 42.4. The Bertz CT molecular complexity index is 1510. The molecule has 0 aliphatic carbocycles. The van der Waals surface area contributed by atoms with Crippen LogP contribution in [0.4, 0.5) is 5.82 Å². The van der Waals surface area contributed by atoms with Gasteiger partial charge >= 0.3 is 19.5 Å². The van der Waals surface area contributed by atoms with Crippen molar-refractivity contribution in [3.8, 4) is 5.75 Å². The number of rotatable bonds is 14. The smallest absolute Gasteiger partial charge is 0.340 e. The van der Waals surface area contributed by atoms with Crippen LogP contribution < -0.4 is 10.5 Å². The molecule has 0 aliphatic heterocycles. The number of nitrogens with two attached hydrogens (primary N) is 1. The van der Waals surface area contributed by atoms with Crippen LogP contribution in [0.3, 0.4) is 0 Å². The number of ketones is 1. The summed E-state index contributed by atoms with van der Waals surface area (Å²) in [5.41, 5.74) is 6.05. The van der Waals surface area contributed by atoms with Crippen molar-refractivity contribution in [2.24, 2.45) is 10.8 Å². The van der Waals surface area contributed by atoms with E-state index in [4.69, 9.17) is 29.0 Å². The van der Waals surface area contributed by atoms with Gasteiger partial charge in [0.25, 0.3) is 0 Å². The molecule has 0 bridgehead atoms. The van der Waals surface area contributed by atoms with Crippen molar-refractivity contribution in [3.63, 3.8) is 0 Å². The predicted molar refractivity (Wildman–Crippen MR) is 161 cm³/mol. The predicted octanol–water partition coefficient (Wildman–Crippen LogP) is 4.90. The van der Waals surface area contributed by atoms with E-state index < -0.39 is 44.0 Å². The summed E-state index contributed by atoms with van der Waals surface area (Å²) in [4.78, 5) is 49.2. The fourth-order valence-electron chi connectivity index (χ4n) is 3.66. The topological polar surface area (TPSA) is 184 Å². The SMILES string of the molecule is CC(=O)c1cc(CP(=O)(OCOC(=O)C(C)(C)C)OCOC(=O)C(C)(C)C)ccc1OCCCn1cnc2c(N)ncnc21. The van der Waals surface area contributed by atoms with Gasteiger partial charge in [-0.05, 0) is 72.6 Å². The van der Waals surface area contributed by atoms with Crippen molar-refractivity contribution in [3.05, 3.63) is 42.0 Å². The summed E-state index contributed by atoms with van der Waals surface area (Å²) in [7, 11) is -4.04. The molecule has 0 saturated carbocycles. The molecule has 0 spiro atoms. The second-order valence-electron chi connectivity index (χ2n) is 12.1. The number of hydrogen-bond acceptors (Lipinski definition) is 13. The molecule has 2 N–H and O–H groups in total. The normalized spacial score (nSPS) is 12.2. The summed E-state index contributed by atoms with van der Waals surface area (Å²) in [5, 5.41) is 0. The third kappa shape index (κ3) is 9.57. The lowest BCUT2D eigenvalue weighted by Gasteiger charge is -2.22. The van der Waals surface area contributed by atoms with Crippen molar-refractivity contribution in [1.29, 1.82) is 0 Å². The van der Waals surface area contributed by atoms with Gasteiger partial charge in [-0.15, -0.1) is 0 Å². The van der Waals surface area contributed by atoms with Crippen LogP contribution in [0.25, 0.3) is 11.2 Å². The molecule has 14 nitrogen and oxygen atoms in total. The maximum Gasteiger partial charge on any atom is 0.340 e. The molecule has 3 rings (SSSR count). The van der Waals surface area contributed by atoms with Gasteiger partial charge in [-0.3, -0.25) is 28.0 Å². The number of aryl methyl sites for hydroxylation is 1. The Morgan fingerprint density at radius 1 is 0.932 bits per heavy atom. The number of imidazole rings is 1. The molecule has 240 valence electrons. The van der Waals surface area contributed by atoms with E-state index >= 15 is 0 Å². The molecule has 15 heteroatoms. The van der Waals surface area contributed by atoms with E-state index in [1.165, 1.54) is 19.3 Å². The minimum absolute atomic E-state index is 0.265.